The van der Waals surface area contributed by atoms with E-state index in [4.69, 9.17) is 9.47 Å². The first-order valence-corrected chi connectivity index (χ1v) is 8.26. The van der Waals surface area contributed by atoms with Crippen LogP contribution in [0.1, 0.15) is 12.8 Å². The van der Waals surface area contributed by atoms with E-state index < -0.39 is 4.92 Å². The van der Waals surface area contributed by atoms with Gasteiger partial charge in [-0.15, -0.1) is 0 Å². The van der Waals surface area contributed by atoms with Gasteiger partial charge in [0.15, 0.2) is 5.75 Å². The Bertz CT molecular complexity index is 818. The normalized spacial score (nSPS) is 18.4. The molecule has 0 aliphatic carbocycles. The van der Waals surface area contributed by atoms with Crippen LogP contribution in [0.3, 0.4) is 0 Å². The van der Waals surface area contributed by atoms with Crippen LogP contribution in [-0.4, -0.2) is 47.1 Å². The summed E-state index contributed by atoms with van der Waals surface area (Å²) in [4.78, 5) is 13.3. The molecule has 1 spiro atoms. The van der Waals surface area contributed by atoms with Crippen molar-refractivity contribution in [2.75, 3.05) is 31.7 Å². The van der Waals surface area contributed by atoms with Gasteiger partial charge in [-0.2, -0.15) is 5.10 Å². The molecule has 2 aromatic rings. The molecule has 2 saturated heterocycles. The van der Waals surface area contributed by atoms with Gasteiger partial charge in [0.05, 0.1) is 30.4 Å². The van der Waals surface area contributed by atoms with Crippen molar-refractivity contribution in [1.29, 1.82) is 0 Å². The number of nitro groups is 1. The minimum Gasteiger partial charge on any atom is -0.490 e. The first kappa shape index (κ1) is 15.9. The maximum absolute atomic E-state index is 11.4. The lowest BCUT2D eigenvalue weighted by molar-refractivity contribution is -0.385. The Morgan fingerprint density at radius 3 is 2.60 bits per heavy atom. The maximum Gasteiger partial charge on any atom is 0.311 e. The van der Waals surface area contributed by atoms with Crippen molar-refractivity contribution in [3.63, 3.8) is 0 Å². The van der Waals surface area contributed by atoms with Gasteiger partial charge < -0.3 is 14.4 Å². The van der Waals surface area contributed by atoms with Crippen LogP contribution in [0.4, 0.5) is 11.4 Å². The summed E-state index contributed by atoms with van der Waals surface area (Å²) in [7, 11) is 3.29. The second-order valence-corrected chi connectivity index (χ2v) is 6.66. The SMILES string of the molecule is COc1cc(N2CCC3(CC2)CO3)c(-c2cnn(C)c2)cc1[N+](=O)[O-]. The molecule has 1 aromatic carbocycles. The number of nitrogens with zero attached hydrogens (tertiary/aromatic N) is 4. The highest BCUT2D eigenvalue weighted by Gasteiger charge is 2.47. The van der Waals surface area contributed by atoms with Crippen LogP contribution < -0.4 is 9.64 Å². The van der Waals surface area contributed by atoms with E-state index in [0.29, 0.717) is 0 Å². The number of nitro benzene ring substituents is 1. The number of aryl methyl sites for hydroxylation is 1. The standard InChI is InChI=1S/C17H20N4O4/c1-19-10-12(9-18-19)13-7-15(21(22)23)16(24-2)8-14(13)20-5-3-17(4-6-20)11-25-17/h7-10H,3-6,11H2,1-2H3. The largest absolute Gasteiger partial charge is 0.490 e. The van der Waals surface area contributed by atoms with Crippen molar-refractivity contribution >= 4 is 11.4 Å². The molecule has 2 aliphatic rings. The summed E-state index contributed by atoms with van der Waals surface area (Å²) in [6.07, 6.45) is 5.53. The number of hydrogen-bond donors (Lipinski definition) is 0. The zero-order valence-electron chi connectivity index (χ0n) is 14.3. The number of benzene rings is 1. The lowest BCUT2D eigenvalue weighted by Gasteiger charge is -2.33. The summed E-state index contributed by atoms with van der Waals surface area (Å²) >= 11 is 0. The highest BCUT2D eigenvalue weighted by atomic mass is 16.6. The van der Waals surface area contributed by atoms with Crippen molar-refractivity contribution in [3.05, 3.63) is 34.6 Å². The van der Waals surface area contributed by atoms with Crippen molar-refractivity contribution < 1.29 is 14.4 Å². The summed E-state index contributed by atoms with van der Waals surface area (Å²) in [6.45, 7) is 2.56. The monoisotopic (exact) mass is 344 g/mol. The van der Waals surface area contributed by atoms with E-state index in [-0.39, 0.29) is 17.0 Å². The maximum atomic E-state index is 11.4. The van der Waals surface area contributed by atoms with E-state index in [1.807, 2.05) is 13.2 Å². The van der Waals surface area contributed by atoms with Gasteiger partial charge in [-0.1, -0.05) is 0 Å². The minimum atomic E-state index is -0.411. The molecule has 0 amide bonds. The Kier molecular flexibility index (Phi) is 3.64. The average molecular weight is 344 g/mol. The quantitative estimate of drug-likeness (QED) is 0.481. The van der Waals surface area contributed by atoms with Crippen LogP contribution in [0.2, 0.25) is 0 Å². The lowest BCUT2D eigenvalue weighted by atomic mass is 9.95. The van der Waals surface area contributed by atoms with Crippen LogP contribution in [-0.2, 0) is 11.8 Å². The van der Waals surface area contributed by atoms with Crippen molar-refractivity contribution in [3.8, 4) is 16.9 Å². The molecule has 0 bridgehead atoms. The minimum absolute atomic E-state index is 0.0379. The van der Waals surface area contributed by atoms with Gasteiger partial charge in [-0.05, 0) is 12.8 Å². The number of rotatable bonds is 4. The van der Waals surface area contributed by atoms with Gasteiger partial charge in [-0.3, -0.25) is 14.8 Å². The van der Waals surface area contributed by atoms with Gasteiger partial charge in [0.1, 0.15) is 0 Å². The molecule has 0 radical (unpaired) electrons. The number of aromatic nitrogens is 2. The van der Waals surface area contributed by atoms with Gasteiger partial charge >= 0.3 is 5.69 Å². The molecule has 0 saturated carbocycles. The molecule has 2 fully saturated rings. The Morgan fingerprint density at radius 1 is 1.36 bits per heavy atom. The number of hydrogen-bond acceptors (Lipinski definition) is 6. The average Bonchev–Trinajstić information content (AvgIpc) is 3.22. The zero-order chi connectivity index (χ0) is 17.6. The van der Waals surface area contributed by atoms with Gasteiger partial charge in [0, 0.05) is 55.3 Å². The number of anilines is 1. The molecule has 1 aromatic heterocycles. The highest BCUT2D eigenvalue weighted by Crippen LogP contribution is 2.44. The number of epoxide rings is 1. The fourth-order valence-corrected chi connectivity index (χ4v) is 3.46. The first-order valence-electron chi connectivity index (χ1n) is 8.26. The van der Waals surface area contributed by atoms with E-state index >= 15 is 0 Å². The third-order valence-corrected chi connectivity index (χ3v) is 5.08. The molecule has 132 valence electrons. The molecule has 3 heterocycles. The molecule has 25 heavy (non-hydrogen) atoms. The Balaban J connectivity index is 1.78. The predicted octanol–water partition coefficient (Wildman–Crippen LogP) is 2.37. The fraction of sp³-hybridized carbons (Fsp3) is 0.471. The van der Waals surface area contributed by atoms with E-state index in [2.05, 4.69) is 10.00 Å². The van der Waals surface area contributed by atoms with Crippen LogP contribution in [0.25, 0.3) is 11.1 Å². The number of ether oxygens (including phenoxy) is 2. The molecule has 0 unspecified atom stereocenters. The molecule has 0 atom stereocenters. The Labute approximate surface area is 145 Å². The second kappa shape index (κ2) is 5.73. The summed E-state index contributed by atoms with van der Waals surface area (Å²) in [5.41, 5.74) is 2.63. The number of piperidine rings is 1. The molecule has 2 aliphatic heterocycles. The second-order valence-electron chi connectivity index (χ2n) is 6.66. The van der Waals surface area contributed by atoms with Crippen LogP contribution in [0.5, 0.6) is 5.75 Å². The Morgan fingerprint density at radius 2 is 2.08 bits per heavy atom. The third kappa shape index (κ3) is 2.82. The van der Waals surface area contributed by atoms with E-state index in [9.17, 15) is 10.1 Å². The molecule has 8 nitrogen and oxygen atoms in total. The molecule has 0 N–H and O–H groups in total. The topological polar surface area (TPSA) is 86.0 Å². The van der Waals surface area contributed by atoms with Gasteiger partial charge in [0.2, 0.25) is 0 Å². The van der Waals surface area contributed by atoms with Crippen LogP contribution in [0, 0.1) is 10.1 Å². The van der Waals surface area contributed by atoms with E-state index in [1.54, 1.807) is 23.0 Å². The first-order chi connectivity index (χ1) is 12.0. The van der Waals surface area contributed by atoms with Crippen molar-refractivity contribution in [2.24, 2.45) is 7.05 Å². The van der Waals surface area contributed by atoms with Gasteiger partial charge in [-0.25, -0.2) is 0 Å². The van der Waals surface area contributed by atoms with Crippen molar-refractivity contribution in [2.45, 2.75) is 18.4 Å². The molecule has 4 rings (SSSR count). The Hall–Kier alpha value is -2.61. The van der Waals surface area contributed by atoms with E-state index in [1.165, 1.54) is 7.11 Å². The molecule has 8 heteroatoms. The van der Waals surface area contributed by atoms with E-state index in [0.717, 1.165) is 49.4 Å². The van der Waals surface area contributed by atoms with Crippen LogP contribution in [0.15, 0.2) is 24.5 Å². The van der Waals surface area contributed by atoms with Crippen molar-refractivity contribution in [1.82, 2.24) is 9.78 Å². The zero-order valence-corrected chi connectivity index (χ0v) is 14.3. The summed E-state index contributed by atoms with van der Waals surface area (Å²) in [6, 6.07) is 3.36. The van der Waals surface area contributed by atoms with Crippen LogP contribution >= 0.6 is 0 Å². The molecular weight excluding hydrogens is 324 g/mol. The highest BCUT2D eigenvalue weighted by molar-refractivity contribution is 5.82. The summed E-state index contributed by atoms with van der Waals surface area (Å²) in [5.74, 6) is 0.274. The summed E-state index contributed by atoms with van der Waals surface area (Å²) in [5, 5.41) is 15.6. The smallest absolute Gasteiger partial charge is 0.311 e. The lowest BCUT2D eigenvalue weighted by Crippen LogP contribution is -2.38. The fourth-order valence-electron chi connectivity index (χ4n) is 3.46. The predicted molar refractivity (Wildman–Crippen MR) is 92.0 cm³/mol. The van der Waals surface area contributed by atoms with Gasteiger partial charge in [0.25, 0.3) is 0 Å². The summed E-state index contributed by atoms with van der Waals surface area (Å²) < 4.78 is 12.5. The number of methoxy groups -OCH3 is 1. The molecular formula is C17H20N4O4. The third-order valence-electron chi connectivity index (χ3n) is 5.08.